The van der Waals surface area contributed by atoms with Crippen LogP contribution in [0.4, 0.5) is 10.5 Å². The van der Waals surface area contributed by atoms with E-state index in [2.05, 4.69) is 10.6 Å². The third-order valence-corrected chi connectivity index (χ3v) is 2.99. The molecule has 3 N–H and O–H groups in total. The van der Waals surface area contributed by atoms with Gasteiger partial charge in [-0.3, -0.25) is 0 Å². The van der Waals surface area contributed by atoms with Crippen molar-refractivity contribution in [3.05, 3.63) is 23.8 Å². The molecule has 1 aromatic carbocycles. The summed E-state index contributed by atoms with van der Waals surface area (Å²) in [6, 6.07) is 3.78. The fourth-order valence-corrected chi connectivity index (χ4v) is 1.86. The zero-order valence-corrected chi connectivity index (χ0v) is 13.0. The number of hydrogen-bond acceptors (Lipinski definition) is 3. The van der Waals surface area contributed by atoms with E-state index in [0.717, 1.165) is 5.56 Å². The monoisotopic (exact) mass is 294 g/mol. The number of carbonyl (C=O) groups excluding carboxylic acids is 1. The highest BCUT2D eigenvalue weighted by Crippen LogP contribution is 2.25. The van der Waals surface area contributed by atoms with Crippen molar-refractivity contribution in [1.82, 2.24) is 5.32 Å². The predicted molar refractivity (Wildman–Crippen MR) is 80.8 cm³/mol. The molecule has 0 aliphatic carbocycles. The topological polar surface area (TPSA) is 87.7 Å². The van der Waals surface area contributed by atoms with Crippen molar-refractivity contribution in [2.45, 2.75) is 33.7 Å². The van der Waals surface area contributed by atoms with E-state index in [4.69, 9.17) is 4.74 Å². The molecule has 1 rings (SSSR count). The first-order chi connectivity index (χ1) is 9.65. The quantitative estimate of drug-likeness (QED) is 0.796. The zero-order chi connectivity index (χ0) is 16.2. The number of anilines is 1. The van der Waals surface area contributed by atoms with Crippen LogP contribution in [0.1, 0.15) is 26.3 Å². The lowest BCUT2D eigenvalue weighted by molar-refractivity contribution is -0.141. The van der Waals surface area contributed by atoms with E-state index >= 15 is 0 Å². The van der Waals surface area contributed by atoms with Gasteiger partial charge in [0, 0.05) is 0 Å². The normalized spacial score (nSPS) is 12.4. The Bertz CT molecular complexity index is 535. The van der Waals surface area contributed by atoms with E-state index in [1.807, 2.05) is 13.0 Å². The van der Waals surface area contributed by atoms with Crippen LogP contribution in [0.15, 0.2) is 18.2 Å². The SMILES string of the molecule is COc1ccc(C)cc1NC(=O)N[C@@H](C(=O)O)C(C)(C)C. The molecule has 0 fully saturated rings. The molecule has 0 saturated carbocycles. The number of hydrogen-bond donors (Lipinski definition) is 3. The summed E-state index contributed by atoms with van der Waals surface area (Å²) in [6.07, 6.45) is 0. The van der Waals surface area contributed by atoms with Crippen LogP contribution >= 0.6 is 0 Å². The largest absolute Gasteiger partial charge is 0.495 e. The van der Waals surface area contributed by atoms with E-state index in [-0.39, 0.29) is 0 Å². The molecule has 6 heteroatoms. The van der Waals surface area contributed by atoms with E-state index in [9.17, 15) is 14.7 Å². The summed E-state index contributed by atoms with van der Waals surface area (Å²) in [5, 5.41) is 14.3. The highest BCUT2D eigenvalue weighted by Gasteiger charge is 2.32. The Kier molecular flexibility index (Phi) is 5.18. The van der Waals surface area contributed by atoms with E-state index < -0.39 is 23.5 Å². The number of ether oxygens (including phenoxy) is 1. The van der Waals surface area contributed by atoms with Gasteiger partial charge in [-0.1, -0.05) is 26.8 Å². The molecular weight excluding hydrogens is 272 g/mol. The Labute approximate surface area is 124 Å². The van der Waals surface area contributed by atoms with Gasteiger partial charge in [0.2, 0.25) is 0 Å². The number of nitrogens with one attached hydrogen (secondary N) is 2. The van der Waals surface area contributed by atoms with Crippen molar-refractivity contribution in [3.63, 3.8) is 0 Å². The summed E-state index contributed by atoms with van der Waals surface area (Å²) in [7, 11) is 1.50. The number of rotatable bonds is 4. The van der Waals surface area contributed by atoms with Gasteiger partial charge in [-0.2, -0.15) is 0 Å². The standard InChI is InChI=1S/C15H22N2O4/c1-9-6-7-11(21-5)10(8-9)16-14(20)17-12(13(18)19)15(2,3)4/h6-8,12H,1-5H3,(H,18,19)(H2,16,17,20)/t12-/m0/s1. The van der Waals surface area contributed by atoms with Crippen LogP contribution in [0.25, 0.3) is 0 Å². The molecule has 0 spiro atoms. The van der Waals surface area contributed by atoms with Gasteiger partial charge in [-0.15, -0.1) is 0 Å². The maximum absolute atomic E-state index is 12.0. The van der Waals surface area contributed by atoms with Crippen molar-refractivity contribution in [1.29, 1.82) is 0 Å². The highest BCUT2D eigenvalue weighted by molar-refractivity contribution is 5.93. The average Bonchev–Trinajstić information content (AvgIpc) is 2.34. The van der Waals surface area contributed by atoms with E-state index in [1.165, 1.54) is 7.11 Å². The predicted octanol–water partition coefficient (Wildman–Crippen LogP) is 2.62. The fourth-order valence-electron chi connectivity index (χ4n) is 1.86. The lowest BCUT2D eigenvalue weighted by Gasteiger charge is -2.27. The summed E-state index contributed by atoms with van der Waals surface area (Å²) < 4.78 is 5.16. The first-order valence-electron chi connectivity index (χ1n) is 6.60. The van der Waals surface area contributed by atoms with Crippen molar-refractivity contribution in [3.8, 4) is 5.75 Å². The van der Waals surface area contributed by atoms with Crippen molar-refractivity contribution < 1.29 is 19.4 Å². The van der Waals surface area contributed by atoms with Crippen molar-refractivity contribution >= 4 is 17.7 Å². The number of aryl methyl sites for hydroxylation is 1. The molecule has 1 atom stereocenters. The number of urea groups is 1. The number of carboxylic acids is 1. The zero-order valence-electron chi connectivity index (χ0n) is 13.0. The maximum atomic E-state index is 12.0. The smallest absolute Gasteiger partial charge is 0.326 e. The van der Waals surface area contributed by atoms with Crippen LogP contribution in [0.3, 0.4) is 0 Å². The molecule has 0 heterocycles. The molecule has 0 bridgehead atoms. The summed E-state index contributed by atoms with van der Waals surface area (Å²) in [5.74, 6) is -0.563. The second kappa shape index (κ2) is 6.47. The van der Waals surface area contributed by atoms with Gasteiger partial charge in [-0.25, -0.2) is 9.59 Å². The highest BCUT2D eigenvalue weighted by atomic mass is 16.5. The van der Waals surface area contributed by atoms with Crippen LogP contribution in [0, 0.1) is 12.3 Å². The van der Waals surface area contributed by atoms with Crippen LogP contribution in [-0.4, -0.2) is 30.3 Å². The molecule has 2 amide bonds. The summed E-state index contributed by atoms with van der Waals surface area (Å²) in [6.45, 7) is 7.13. The number of benzene rings is 1. The Hall–Kier alpha value is -2.24. The minimum atomic E-state index is -1.08. The van der Waals surface area contributed by atoms with Gasteiger partial charge in [0.1, 0.15) is 11.8 Å². The lowest BCUT2D eigenvalue weighted by atomic mass is 9.87. The third kappa shape index (κ3) is 4.66. The number of carbonyl (C=O) groups is 2. The first-order valence-corrected chi connectivity index (χ1v) is 6.60. The molecule has 0 radical (unpaired) electrons. The van der Waals surface area contributed by atoms with E-state index in [0.29, 0.717) is 11.4 Å². The van der Waals surface area contributed by atoms with Gasteiger partial charge in [0.05, 0.1) is 12.8 Å². The molecule has 116 valence electrons. The molecule has 21 heavy (non-hydrogen) atoms. The van der Waals surface area contributed by atoms with Crippen molar-refractivity contribution in [2.24, 2.45) is 5.41 Å². The Balaban J connectivity index is 2.86. The summed E-state index contributed by atoms with van der Waals surface area (Å²) >= 11 is 0. The molecule has 0 saturated heterocycles. The number of carboxylic acid groups (broad SMARTS) is 1. The molecule has 0 aliphatic heterocycles. The minimum Gasteiger partial charge on any atom is -0.495 e. The molecule has 6 nitrogen and oxygen atoms in total. The van der Waals surface area contributed by atoms with Crippen LogP contribution in [-0.2, 0) is 4.79 Å². The molecular formula is C15H22N2O4. The summed E-state index contributed by atoms with van der Waals surface area (Å²) in [5.41, 5.74) is 0.851. The molecule has 0 aromatic heterocycles. The first kappa shape index (κ1) is 16.8. The second-order valence-electron chi connectivity index (χ2n) is 5.94. The van der Waals surface area contributed by atoms with Gasteiger partial charge in [0.25, 0.3) is 0 Å². The third-order valence-electron chi connectivity index (χ3n) is 2.99. The molecule has 0 unspecified atom stereocenters. The van der Waals surface area contributed by atoms with Gasteiger partial charge < -0.3 is 20.5 Å². The summed E-state index contributed by atoms with van der Waals surface area (Å²) in [4.78, 5) is 23.3. The van der Waals surface area contributed by atoms with Crippen LogP contribution in [0.5, 0.6) is 5.75 Å². The van der Waals surface area contributed by atoms with Gasteiger partial charge >= 0.3 is 12.0 Å². The van der Waals surface area contributed by atoms with Gasteiger partial charge in [-0.05, 0) is 30.0 Å². The minimum absolute atomic E-state index is 0.494. The molecule has 1 aromatic rings. The Morgan fingerprint density at radius 1 is 1.29 bits per heavy atom. The lowest BCUT2D eigenvalue weighted by Crippen LogP contribution is -2.50. The van der Waals surface area contributed by atoms with Crippen molar-refractivity contribution in [2.75, 3.05) is 12.4 Å². The molecule has 0 aliphatic rings. The second-order valence-corrected chi connectivity index (χ2v) is 5.94. The maximum Gasteiger partial charge on any atom is 0.326 e. The van der Waals surface area contributed by atoms with E-state index in [1.54, 1.807) is 32.9 Å². The van der Waals surface area contributed by atoms with Crippen LogP contribution in [0.2, 0.25) is 0 Å². The van der Waals surface area contributed by atoms with Gasteiger partial charge in [0.15, 0.2) is 0 Å². The Morgan fingerprint density at radius 2 is 1.90 bits per heavy atom. The number of aliphatic carboxylic acids is 1. The number of methoxy groups -OCH3 is 1. The fraction of sp³-hybridized carbons (Fsp3) is 0.467. The van der Waals surface area contributed by atoms with Crippen LogP contribution < -0.4 is 15.4 Å². The number of amides is 2. The Morgan fingerprint density at radius 3 is 2.38 bits per heavy atom. The average molecular weight is 294 g/mol.